The molecular weight excluding hydrogens is 198 g/mol. The average molecular weight is 221 g/mol. The number of benzene rings is 1. The fraction of sp³-hybridized carbons (Fsp3) is 0.571. The standard InChI is InChI=1S/C14H23NO/c1-4-12(8-13(16)9-15)14-7-10(2)5-6-11(14)3/h5-7,12-13,16H,4,8-9,15H2,1-3H3. The highest BCUT2D eigenvalue weighted by Crippen LogP contribution is 2.28. The van der Waals surface area contributed by atoms with Gasteiger partial charge in [-0.25, -0.2) is 0 Å². The van der Waals surface area contributed by atoms with Gasteiger partial charge in [0.05, 0.1) is 6.10 Å². The molecule has 1 aromatic rings. The Labute approximate surface area is 98.5 Å². The monoisotopic (exact) mass is 221 g/mol. The minimum absolute atomic E-state index is 0.349. The molecule has 0 fully saturated rings. The highest BCUT2D eigenvalue weighted by Gasteiger charge is 2.15. The summed E-state index contributed by atoms with van der Waals surface area (Å²) in [5, 5.41) is 9.66. The van der Waals surface area contributed by atoms with Crippen LogP contribution in [0.25, 0.3) is 0 Å². The lowest BCUT2D eigenvalue weighted by Crippen LogP contribution is -2.22. The fourth-order valence-electron chi connectivity index (χ4n) is 2.14. The maximum absolute atomic E-state index is 9.66. The number of hydrogen-bond acceptors (Lipinski definition) is 2. The maximum atomic E-state index is 9.66. The van der Waals surface area contributed by atoms with E-state index in [1.807, 2.05) is 0 Å². The Bertz CT molecular complexity index is 336. The molecule has 3 N–H and O–H groups in total. The van der Waals surface area contributed by atoms with Crippen LogP contribution in [0, 0.1) is 13.8 Å². The van der Waals surface area contributed by atoms with Crippen LogP contribution in [-0.4, -0.2) is 17.8 Å². The van der Waals surface area contributed by atoms with Crippen molar-refractivity contribution in [3.05, 3.63) is 34.9 Å². The molecule has 1 rings (SSSR count). The summed E-state index contributed by atoms with van der Waals surface area (Å²) in [7, 11) is 0. The summed E-state index contributed by atoms with van der Waals surface area (Å²) in [5.74, 6) is 0.415. The first-order valence-corrected chi connectivity index (χ1v) is 6.03. The van der Waals surface area contributed by atoms with Gasteiger partial charge < -0.3 is 10.8 Å². The first-order valence-electron chi connectivity index (χ1n) is 6.03. The third-order valence-electron chi connectivity index (χ3n) is 3.20. The van der Waals surface area contributed by atoms with E-state index in [1.165, 1.54) is 16.7 Å². The van der Waals surface area contributed by atoms with Crippen LogP contribution in [0.5, 0.6) is 0 Å². The van der Waals surface area contributed by atoms with Crippen LogP contribution in [0.1, 0.15) is 42.4 Å². The van der Waals surface area contributed by atoms with Gasteiger partial charge in [0, 0.05) is 6.54 Å². The molecule has 16 heavy (non-hydrogen) atoms. The van der Waals surface area contributed by atoms with Crippen molar-refractivity contribution in [2.24, 2.45) is 5.73 Å². The van der Waals surface area contributed by atoms with E-state index in [0.29, 0.717) is 12.5 Å². The second kappa shape index (κ2) is 6.02. The first-order chi connectivity index (χ1) is 7.58. The van der Waals surface area contributed by atoms with E-state index in [4.69, 9.17) is 5.73 Å². The van der Waals surface area contributed by atoms with E-state index in [0.717, 1.165) is 12.8 Å². The molecule has 2 nitrogen and oxygen atoms in total. The Morgan fingerprint density at radius 1 is 1.31 bits per heavy atom. The van der Waals surface area contributed by atoms with Crippen molar-refractivity contribution >= 4 is 0 Å². The second-order valence-corrected chi connectivity index (χ2v) is 4.59. The van der Waals surface area contributed by atoms with Crippen LogP contribution >= 0.6 is 0 Å². The van der Waals surface area contributed by atoms with Crippen molar-refractivity contribution < 1.29 is 5.11 Å². The highest BCUT2D eigenvalue weighted by atomic mass is 16.3. The summed E-state index contributed by atoms with van der Waals surface area (Å²) < 4.78 is 0. The predicted octanol–water partition coefficient (Wildman–Crippen LogP) is 2.51. The van der Waals surface area contributed by atoms with Gasteiger partial charge in [-0.1, -0.05) is 30.7 Å². The summed E-state index contributed by atoms with van der Waals surface area (Å²) in [6.45, 7) is 6.75. The lowest BCUT2D eigenvalue weighted by molar-refractivity contribution is 0.162. The SMILES string of the molecule is CCC(CC(O)CN)c1cc(C)ccc1C. The van der Waals surface area contributed by atoms with Gasteiger partial charge in [0.2, 0.25) is 0 Å². The number of aryl methyl sites for hydroxylation is 2. The molecule has 0 aliphatic heterocycles. The number of nitrogens with two attached hydrogens (primary N) is 1. The molecule has 0 radical (unpaired) electrons. The minimum atomic E-state index is -0.384. The topological polar surface area (TPSA) is 46.2 Å². The van der Waals surface area contributed by atoms with E-state index in [-0.39, 0.29) is 6.10 Å². The molecule has 2 atom stereocenters. The van der Waals surface area contributed by atoms with Gasteiger partial charge in [0.1, 0.15) is 0 Å². The van der Waals surface area contributed by atoms with E-state index < -0.39 is 0 Å². The predicted molar refractivity (Wildman–Crippen MR) is 68.6 cm³/mol. The summed E-state index contributed by atoms with van der Waals surface area (Å²) in [4.78, 5) is 0. The van der Waals surface area contributed by atoms with Crippen LogP contribution in [-0.2, 0) is 0 Å². The molecule has 0 heterocycles. The molecule has 2 heteroatoms. The zero-order chi connectivity index (χ0) is 12.1. The van der Waals surface area contributed by atoms with Gasteiger partial charge in [0.15, 0.2) is 0 Å². The Hall–Kier alpha value is -0.860. The van der Waals surface area contributed by atoms with Crippen LogP contribution in [0.3, 0.4) is 0 Å². The molecule has 90 valence electrons. The molecule has 0 aliphatic rings. The lowest BCUT2D eigenvalue weighted by Gasteiger charge is -2.20. The number of aliphatic hydroxyl groups excluding tert-OH is 1. The van der Waals surface area contributed by atoms with Crippen LogP contribution in [0.2, 0.25) is 0 Å². The molecule has 0 saturated heterocycles. The van der Waals surface area contributed by atoms with Crippen molar-refractivity contribution in [3.63, 3.8) is 0 Å². The molecule has 0 aromatic heterocycles. The molecule has 1 aromatic carbocycles. The Balaban J connectivity index is 2.89. The minimum Gasteiger partial charge on any atom is -0.392 e. The van der Waals surface area contributed by atoms with Gasteiger partial charge >= 0.3 is 0 Å². The molecule has 0 aliphatic carbocycles. The summed E-state index contributed by atoms with van der Waals surface area (Å²) in [5.41, 5.74) is 9.41. The van der Waals surface area contributed by atoms with E-state index in [9.17, 15) is 5.11 Å². The number of aliphatic hydroxyl groups is 1. The van der Waals surface area contributed by atoms with Gasteiger partial charge in [-0.3, -0.25) is 0 Å². The van der Waals surface area contributed by atoms with Crippen molar-refractivity contribution in [1.29, 1.82) is 0 Å². The van der Waals surface area contributed by atoms with Crippen molar-refractivity contribution in [2.75, 3.05) is 6.54 Å². The normalized spacial score (nSPS) is 14.8. The Morgan fingerprint density at radius 2 is 2.00 bits per heavy atom. The summed E-state index contributed by atoms with van der Waals surface area (Å²) in [6, 6.07) is 6.51. The zero-order valence-corrected chi connectivity index (χ0v) is 10.5. The second-order valence-electron chi connectivity index (χ2n) is 4.59. The zero-order valence-electron chi connectivity index (χ0n) is 10.5. The maximum Gasteiger partial charge on any atom is 0.0668 e. The van der Waals surface area contributed by atoms with Crippen LogP contribution in [0.4, 0.5) is 0 Å². The summed E-state index contributed by atoms with van der Waals surface area (Å²) in [6.07, 6.45) is 1.42. The Kier molecular flexibility index (Phi) is 4.97. The summed E-state index contributed by atoms with van der Waals surface area (Å²) >= 11 is 0. The van der Waals surface area contributed by atoms with Gasteiger partial charge in [0.25, 0.3) is 0 Å². The molecule has 0 bridgehead atoms. The van der Waals surface area contributed by atoms with E-state index in [2.05, 4.69) is 39.0 Å². The number of hydrogen-bond donors (Lipinski definition) is 2. The quantitative estimate of drug-likeness (QED) is 0.802. The average Bonchev–Trinajstić information content (AvgIpc) is 2.29. The molecule has 0 saturated carbocycles. The van der Waals surface area contributed by atoms with Crippen LogP contribution < -0.4 is 5.73 Å². The molecule has 2 unspecified atom stereocenters. The van der Waals surface area contributed by atoms with Crippen LogP contribution in [0.15, 0.2) is 18.2 Å². The Morgan fingerprint density at radius 3 is 2.56 bits per heavy atom. The van der Waals surface area contributed by atoms with Gasteiger partial charge in [-0.15, -0.1) is 0 Å². The van der Waals surface area contributed by atoms with E-state index in [1.54, 1.807) is 0 Å². The third-order valence-corrected chi connectivity index (χ3v) is 3.20. The third kappa shape index (κ3) is 3.32. The highest BCUT2D eigenvalue weighted by molar-refractivity contribution is 5.33. The smallest absolute Gasteiger partial charge is 0.0668 e. The van der Waals surface area contributed by atoms with Crippen molar-refractivity contribution in [1.82, 2.24) is 0 Å². The first kappa shape index (κ1) is 13.2. The van der Waals surface area contributed by atoms with Gasteiger partial charge in [-0.05, 0) is 43.7 Å². The molecule has 0 amide bonds. The van der Waals surface area contributed by atoms with Gasteiger partial charge in [-0.2, -0.15) is 0 Å². The van der Waals surface area contributed by atoms with E-state index >= 15 is 0 Å². The number of rotatable bonds is 5. The lowest BCUT2D eigenvalue weighted by atomic mass is 9.87. The van der Waals surface area contributed by atoms with Crippen molar-refractivity contribution in [3.8, 4) is 0 Å². The molecule has 0 spiro atoms. The largest absolute Gasteiger partial charge is 0.392 e. The van der Waals surface area contributed by atoms with Crippen molar-refractivity contribution in [2.45, 2.75) is 45.6 Å². The molecular formula is C14H23NO. The fourth-order valence-corrected chi connectivity index (χ4v) is 2.14.